The number of ether oxygens (including phenoxy) is 3. The second-order valence-corrected chi connectivity index (χ2v) is 8.19. The van der Waals surface area contributed by atoms with Crippen LogP contribution >= 0.6 is 11.6 Å². The van der Waals surface area contributed by atoms with E-state index in [4.69, 9.17) is 30.8 Å². The quantitative estimate of drug-likeness (QED) is 0.564. The molecule has 1 fully saturated rings. The molecule has 1 atom stereocenters. The Labute approximate surface area is 192 Å². The molecule has 1 saturated heterocycles. The smallest absolute Gasteiger partial charge is 0.248 e. The van der Waals surface area contributed by atoms with Gasteiger partial charge in [0.15, 0.2) is 0 Å². The maximum absolute atomic E-state index is 12.2. The van der Waals surface area contributed by atoms with Crippen molar-refractivity contribution < 1.29 is 19.0 Å². The first-order valence-electron chi connectivity index (χ1n) is 10.4. The van der Waals surface area contributed by atoms with Gasteiger partial charge in [0, 0.05) is 68.6 Å². The largest absolute Gasteiger partial charge is 0.496 e. The molecule has 3 heterocycles. The number of rotatable bonds is 6. The maximum Gasteiger partial charge on any atom is 0.248 e. The van der Waals surface area contributed by atoms with Crippen LogP contribution in [-0.2, 0) is 9.53 Å². The predicted octanol–water partition coefficient (Wildman–Crippen LogP) is 3.36. The minimum absolute atomic E-state index is 0.0273. The molecule has 2 aromatic heterocycles. The van der Waals surface area contributed by atoms with Gasteiger partial charge in [-0.15, -0.1) is 0 Å². The highest BCUT2D eigenvalue weighted by Gasteiger charge is 2.27. The van der Waals surface area contributed by atoms with Crippen LogP contribution in [0.4, 0.5) is 5.69 Å². The Morgan fingerprint density at radius 3 is 2.62 bits per heavy atom. The molecule has 0 N–H and O–H groups in total. The summed E-state index contributed by atoms with van der Waals surface area (Å²) in [6.07, 6.45) is 3.94. The summed E-state index contributed by atoms with van der Waals surface area (Å²) in [5.41, 5.74) is 3.44. The summed E-state index contributed by atoms with van der Waals surface area (Å²) < 4.78 is 17.8. The van der Waals surface area contributed by atoms with E-state index in [-0.39, 0.29) is 18.6 Å². The monoisotopic (exact) mass is 458 g/mol. The fraction of sp³-hybridized carbons (Fsp3) is 0.391. The molecule has 4 rings (SSSR count). The summed E-state index contributed by atoms with van der Waals surface area (Å²) >= 11 is 6.35. The predicted molar refractivity (Wildman–Crippen MR) is 124 cm³/mol. The first-order chi connectivity index (χ1) is 15.4. The third-order valence-corrected chi connectivity index (χ3v) is 6.07. The number of benzene rings is 1. The Morgan fingerprint density at radius 2 is 1.94 bits per heavy atom. The van der Waals surface area contributed by atoms with Gasteiger partial charge in [-0.2, -0.15) is 0 Å². The molecule has 1 aliphatic rings. The number of pyridine rings is 1. The lowest BCUT2D eigenvalue weighted by molar-refractivity contribution is -0.135. The van der Waals surface area contributed by atoms with Crippen molar-refractivity contribution in [3.63, 3.8) is 0 Å². The molecule has 3 aromatic rings. The Balaban J connectivity index is 1.61. The number of piperazine rings is 1. The van der Waals surface area contributed by atoms with Crippen LogP contribution in [0.25, 0.3) is 16.9 Å². The highest BCUT2D eigenvalue weighted by molar-refractivity contribution is 6.32. The minimum Gasteiger partial charge on any atom is -0.496 e. The lowest BCUT2D eigenvalue weighted by atomic mass is 10.1. The average Bonchev–Trinajstić information content (AvgIpc) is 3.22. The third kappa shape index (κ3) is 4.20. The van der Waals surface area contributed by atoms with Gasteiger partial charge in [-0.05, 0) is 19.1 Å². The van der Waals surface area contributed by atoms with Crippen molar-refractivity contribution in [1.29, 1.82) is 0 Å². The molecule has 1 unspecified atom stereocenters. The number of fused-ring (bicyclic) bond motifs is 1. The van der Waals surface area contributed by atoms with Crippen LogP contribution in [0.5, 0.6) is 11.5 Å². The zero-order valence-corrected chi connectivity index (χ0v) is 19.4. The number of nitrogens with zero attached hydrogens (tertiary/aromatic N) is 4. The first kappa shape index (κ1) is 22.2. The average molecular weight is 459 g/mol. The van der Waals surface area contributed by atoms with Crippen molar-refractivity contribution in [1.82, 2.24) is 14.3 Å². The van der Waals surface area contributed by atoms with Gasteiger partial charge < -0.3 is 28.4 Å². The van der Waals surface area contributed by atoms with Crippen molar-refractivity contribution in [2.75, 3.05) is 52.5 Å². The van der Waals surface area contributed by atoms with Crippen molar-refractivity contribution in [3.05, 3.63) is 41.7 Å². The van der Waals surface area contributed by atoms with Gasteiger partial charge in [-0.25, -0.2) is 4.98 Å². The topological polar surface area (TPSA) is 68.5 Å². The van der Waals surface area contributed by atoms with Crippen molar-refractivity contribution in [2.24, 2.45) is 0 Å². The van der Waals surface area contributed by atoms with E-state index in [1.54, 1.807) is 33.5 Å². The Kier molecular flexibility index (Phi) is 6.43. The van der Waals surface area contributed by atoms with Crippen LogP contribution < -0.4 is 14.4 Å². The number of hydrogen-bond donors (Lipinski definition) is 0. The SMILES string of the molecule is COCC(=O)N1CCN(c2ccn3cc(-c4cc(Cl)c(OC)cc4OC)nc3c2)C(C)C1. The van der Waals surface area contributed by atoms with Crippen molar-refractivity contribution in [3.8, 4) is 22.8 Å². The molecule has 1 aliphatic heterocycles. The van der Waals surface area contributed by atoms with Gasteiger partial charge >= 0.3 is 0 Å². The molecule has 1 amide bonds. The highest BCUT2D eigenvalue weighted by Crippen LogP contribution is 2.38. The van der Waals surface area contributed by atoms with Gasteiger partial charge in [-0.1, -0.05) is 11.6 Å². The maximum atomic E-state index is 12.2. The summed E-state index contributed by atoms with van der Waals surface area (Å²) in [6.45, 7) is 4.32. The molecule has 9 heteroatoms. The Morgan fingerprint density at radius 1 is 1.16 bits per heavy atom. The molecule has 0 radical (unpaired) electrons. The van der Waals surface area contributed by atoms with Gasteiger partial charge in [0.1, 0.15) is 23.8 Å². The molecule has 170 valence electrons. The lowest BCUT2D eigenvalue weighted by Crippen LogP contribution is -2.54. The van der Waals surface area contributed by atoms with Crippen LogP contribution in [-0.4, -0.2) is 73.8 Å². The van der Waals surface area contributed by atoms with E-state index in [1.165, 1.54) is 0 Å². The number of aromatic nitrogens is 2. The van der Waals surface area contributed by atoms with E-state index >= 15 is 0 Å². The van der Waals surface area contributed by atoms with E-state index < -0.39 is 0 Å². The van der Waals surface area contributed by atoms with Gasteiger partial charge in [-0.3, -0.25) is 4.79 Å². The molecular weight excluding hydrogens is 432 g/mol. The Bertz CT molecular complexity index is 1130. The van der Waals surface area contributed by atoms with Crippen molar-refractivity contribution in [2.45, 2.75) is 13.0 Å². The summed E-state index contributed by atoms with van der Waals surface area (Å²) in [5.74, 6) is 1.22. The molecule has 0 bridgehead atoms. The first-order valence-corrected chi connectivity index (χ1v) is 10.8. The number of imidazole rings is 1. The summed E-state index contributed by atoms with van der Waals surface area (Å²) in [4.78, 5) is 21.1. The third-order valence-electron chi connectivity index (χ3n) is 5.77. The van der Waals surface area contributed by atoms with E-state index in [0.29, 0.717) is 29.6 Å². The number of carbonyl (C=O) groups is 1. The normalized spacial score (nSPS) is 16.5. The lowest BCUT2D eigenvalue weighted by Gasteiger charge is -2.41. The number of methoxy groups -OCH3 is 3. The highest BCUT2D eigenvalue weighted by atomic mass is 35.5. The summed E-state index contributed by atoms with van der Waals surface area (Å²) in [7, 11) is 4.72. The second kappa shape index (κ2) is 9.26. The summed E-state index contributed by atoms with van der Waals surface area (Å²) in [5, 5.41) is 0.496. The van der Waals surface area contributed by atoms with Gasteiger partial charge in [0.05, 0.1) is 24.9 Å². The number of anilines is 1. The van der Waals surface area contributed by atoms with E-state index in [1.807, 2.05) is 21.7 Å². The van der Waals surface area contributed by atoms with Gasteiger partial charge in [0.25, 0.3) is 0 Å². The van der Waals surface area contributed by atoms with Crippen LogP contribution in [0.3, 0.4) is 0 Å². The van der Waals surface area contributed by atoms with Crippen LogP contribution in [0.2, 0.25) is 5.02 Å². The second-order valence-electron chi connectivity index (χ2n) is 7.78. The number of halogens is 1. The van der Waals surface area contributed by atoms with E-state index in [9.17, 15) is 4.79 Å². The number of amides is 1. The number of carbonyl (C=O) groups excluding carboxylic acids is 1. The van der Waals surface area contributed by atoms with E-state index in [2.05, 4.69) is 24.0 Å². The van der Waals surface area contributed by atoms with E-state index in [0.717, 1.165) is 29.1 Å². The molecule has 32 heavy (non-hydrogen) atoms. The molecule has 8 nitrogen and oxygen atoms in total. The Hall–Kier alpha value is -2.97. The molecule has 0 saturated carbocycles. The van der Waals surface area contributed by atoms with Gasteiger partial charge in [0.2, 0.25) is 5.91 Å². The zero-order valence-electron chi connectivity index (χ0n) is 18.7. The molecule has 0 spiro atoms. The van der Waals surface area contributed by atoms with Crippen molar-refractivity contribution >= 4 is 28.8 Å². The van der Waals surface area contributed by atoms with Crippen LogP contribution in [0.15, 0.2) is 36.7 Å². The fourth-order valence-corrected chi connectivity index (χ4v) is 4.36. The minimum atomic E-state index is 0.0273. The standard InChI is InChI=1S/C23H27ClN4O4/c1-15-12-27(23(29)14-30-2)7-8-28(15)16-5-6-26-13-19(25-22(26)9-16)17-10-18(24)21(32-4)11-20(17)31-3/h5-6,9-11,13,15H,7-8,12,14H2,1-4H3. The number of hydrogen-bond acceptors (Lipinski definition) is 6. The fourth-order valence-electron chi connectivity index (χ4n) is 4.12. The van der Waals surface area contributed by atoms with Crippen LogP contribution in [0.1, 0.15) is 6.92 Å². The molecule has 0 aliphatic carbocycles. The molecular formula is C23H27ClN4O4. The molecule has 1 aromatic carbocycles. The van der Waals surface area contributed by atoms with Crippen LogP contribution in [0, 0.1) is 0 Å². The summed E-state index contributed by atoms with van der Waals surface area (Å²) in [6, 6.07) is 7.88. The zero-order chi connectivity index (χ0) is 22.8.